The summed E-state index contributed by atoms with van der Waals surface area (Å²) in [5.74, 6) is 0.0415. The van der Waals surface area contributed by atoms with Gasteiger partial charge in [0.2, 0.25) is 5.43 Å². The van der Waals surface area contributed by atoms with Crippen molar-refractivity contribution in [2.75, 3.05) is 13.7 Å². The van der Waals surface area contributed by atoms with Crippen LogP contribution in [0.5, 0.6) is 0 Å². The summed E-state index contributed by atoms with van der Waals surface area (Å²) in [4.78, 5) is 26.4. The largest absolute Gasteiger partial charge is 0.383 e. The van der Waals surface area contributed by atoms with Crippen molar-refractivity contribution in [2.24, 2.45) is 5.92 Å². The van der Waals surface area contributed by atoms with Crippen molar-refractivity contribution in [1.82, 2.24) is 10.3 Å². The Morgan fingerprint density at radius 3 is 2.94 bits per heavy atom. The highest BCUT2D eigenvalue weighted by molar-refractivity contribution is 6.30. The molecule has 6 heteroatoms. The van der Waals surface area contributed by atoms with E-state index in [1.54, 1.807) is 7.11 Å². The number of carbonyl (C=O) groups excluding carboxylic acids is 1. The molecule has 1 heterocycles. The van der Waals surface area contributed by atoms with Crippen LogP contribution in [0.25, 0.3) is 0 Å². The summed E-state index contributed by atoms with van der Waals surface area (Å²) in [6.07, 6.45) is 4.88. The Morgan fingerprint density at radius 1 is 1.61 bits per heavy atom. The smallest absolute Gasteiger partial charge is 0.257 e. The zero-order valence-electron chi connectivity index (χ0n) is 10.0. The van der Waals surface area contributed by atoms with Gasteiger partial charge in [-0.2, -0.15) is 0 Å². The number of H-pyrrole nitrogens is 1. The lowest BCUT2D eigenvalue weighted by Crippen LogP contribution is -2.41. The number of aromatic nitrogens is 1. The summed E-state index contributed by atoms with van der Waals surface area (Å²) in [5.41, 5.74) is -0.427. The van der Waals surface area contributed by atoms with Crippen LogP contribution in [-0.2, 0) is 4.74 Å². The third-order valence-electron chi connectivity index (χ3n) is 3.00. The van der Waals surface area contributed by atoms with Gasteiger partial charge in [0.05, 0.1) is 12.6 Å². The molecule has 0 saturated heterocycles. The molecule has 0 aromatic carbocycles. The molecule has 1 atom stereocenters. The van der Waals surface area contributed by atoms with Gasteiger partial charge in [0.25, 0.3) is 5.91 Å². The fraction of sp³-hybridized carbons (Fsp3) is 0.500. The van der Waals surface area contributed by atoms with E-state index in [4.69, 9.17) is 16.3 Å². The number of methoxy groups -OCH3 is 1. The van der Waals surface area contributed by atoms with Crippen molar-refractivity contribution in [3.63, 3.8) is 0 Å². The van der Waals surface area contributed by atoms with E-state index in [0.717, 1.165) is 12.8 Å². The van der Waals surface area contributed by atoms with E-state index in [-0.39, 0.29) is 16.6 Å². The van der Waals surface area contributed by atoms with Crippen LogP contribution >= 0.6 is 11.6 Å². The Labute approximate surface area is 109 Å². The van der Waals surface area contributed by atoms with Crippen LogP contribution in [0.4, 0.5) is 0 Å². The number of pyridine rings is 1. The van der Waals surface area contributed by atoms with Gasteiger partial charge < -0.3 is 15.0 Å². The normalized spacial score (nSPS) is 16.3. The van der Waals surface area contributed by atoms with Crippen LogP contribution in [0, 0.1) is 5.92 Å². The third kappa shape index (κ3) is 2.91. The highest BCUT2D eigenvalue weighted by Crippen LogP contribution is 2.32. The second-order valence-electron chi connectivity index (χ2n) is 4.42. The van der Waals surface area contributed by atoms with Crippen LogP contribution in [-0.4, -0.2) is 30.6 Å². The molecule has 1 amide bonds. The first-order valence-electron chi connectivity index (χ1n) is 5.80. The van der Waals surface area contributed by atoms with Crippen molar-refractivity contribution in [3.05, 3.63) is 33.2 Å². The predicted octanol–water partition coefficient (Wildman–Crippen LogP) is 1.18. The van der Waals surface area contributed by atoms with Gasteiger partial charge in [0.1, 0.15) is 10.6 Å². The predicted molar refractivity (Wildman–Crippen MR) is 67.9 cm³/mol. The van der Waals surface area contributed by atoms with E-state index >= 15 is 0 Å². The molecule has 2 rings (SSSR count). The van der Waals surface area contributed by atoms with E-state index < -0.39 is 11.3 Å². The Bertz CT molecular complexity index is 496. The minimum atomic E-state index is -0.458. The van der Waals surface area contributed by atoms with Crippen LogP contribution in [0.15, 0.2) is 17.2 Å². The fourth-order valence-corrected chi connectivity index (χ4v) is 2.01. The number of hydrogen-bond donors (Lipinski definition) is 2. The number of ether oxygens (including phenoxy) is 1. The summed E-state index contributed by atoms with van der Waals surface area (Å²) in [7, 11) is 1.59. The second kappa shape index (κ2) is 5.54. The molecule has 1 aromatic heterocycles. The van der Waals surface area contributed by atoms with Crippen LogP contribution in [0.1, 0.15) is 23.2 Å². The van der Waals surface area contributed by atoms with Gasteiger partial charge in [-0.05, 0) is 18.8 Å². The maximum Gasteiger partial charge on any atom is 0.257 e. The molecule has 1 aromatic rings. The van der Waals surface area contributed by atoms with Gasteiger partial charge in [-0.1, -0.05) is 11.6 Å². The summed E-state index contributed by atoms with van der Waals surface area (Å²) in [5, 5.41) is 2.83. The second-order valence-corrected chi connectivity index (χ2v) is 4.83. The van der Waals surface area contributed by atoms with Crippen molar-refractivity contribution < 1.29 is 9.53 Å². The van der Waals surface area contributed by atoms with Crippen LogP contribution in [0.2, 0.25) is 5.02 Å². The maximum atomic E-state index is 12.0. The molecule has 2 N–H and O–H groups in total. The van der Waals surface area contributed by atoms with E-state index in [1.165, 1.54) is 12.4 Å². The van der Waals surface area contributed by atoms with Gasteiger partial charge >= 0.3 is 0 Å². The van der Waals surface area contributed by atoms with Crippen molar-refractivity contribution in [2.45, 2.75) is 18.9 Å². The lowest BCUT2D eigenvalue weighted by Gasteiger charge is -2.16. The first-order valence-corrected chi connectivity index (χ1v) is 6.17. The summed E-state index contributed by atoms with van der Waals surface area (Å²) in [6, 6.07) is -0.0409. The quantitative estimate of drug-likeness (QED) is 0.844. The number of carbonyl (C=O) groups is 1. The maximum absolute atomic E-state index is 12.0. The molecule has 0 bridgehead atoms. The minimum absolute atomic E-state index is 0.0114. The highest BCUT2D eigenvalue weighted by atomic mass is 35.5. The van der Waals surface area contributed by atoms with E-state index in [1.807, 2.05) is 0 Å². The zero-order chi connectivity index (χ0) is 13.1. The molecular weight excluding hydrogens is 256 g/mol. The van der Waals surface area contributed by atoms with Crippen LogP contribution < -0.4 is 10.7 Å². The highest BCUT2D eigenvalue weighted by Gasteiger charge is 2.32. The van der Waals surface area contributed by atoms with E-state index in [9.17, 15) is 9.59 Å². The number of aromatic amines is 1. The Morgan fingerprint density at radius 2 is 2.33 bits per heavy atom. The van der Waals surface area contributed by atoms with Crippen molar-refractivity contribution in [3.8, 4) is 0 Å². The lowest BCUT2D eigenvalue weighted by molar-refractivity contribution is 0.0882. The van der Waals surface area contributed by atoms with Crippen LogP contribution in [0.3, 0.4) is 0 Å². The molecule has 0 spiro atoms. The molecule has 18 heavy (non-hydrogen) atoms. The Hall–Kier alpha value is -1.33. The van der Waals surface area contributed by atoms with Crippen molar-refractivity contribution >= 4 is 17.5 Å². The topological polar surface area (TPSA) is 71.2 Å². The van der Waals surface area contributed by atoms with Gasteiger partial charge in [-0.15, -0.1) is 0 Å². The molecule has 98 valence electrons. The number of hydrogen-bond acceptors (Lipinski definition) is 3. The van der Waals surface area contributed by atoms with Gasteiger partial charge in [-0.25, -0.2) is 0 Å². The molecule has 1 unspecified atom stereocenters. The third-order valence-corrected chi connectivity index (χ3v) is 3.28. The fourth-order valence-electron chi connectivity index (χ4n) is 1.85. The summed E-state index contributed by atoms with van der Waals surface area (Å²) in [6.45, 7) is 0.453. The molecule has 1 aliphatic rings. The molecule has 1 saturated carbocycles. The Balaban J connectivity index is 2.11. The average Bonchev–Trinajstić information content (AvgIpc) is 3.16. The number of nitrogens with one attached hydrogen (secondary N) is 2. The Kier molecular flexibility index (Phi) is 4.04. The van der Waals surface area contributed by atoms with Crippen molar-refractivity contribution in [1.29, 1.82) is 0 Å². The zero-order valence-corrected chi connectivity index (χ0v) is 10.8. The van der Waals surface area contributed by atoms with Gasteiger partial charge in [0, 0.05) is 19.5 Å². The minimum Gasteiger partial charge on any atom is -0.383 e. The molecular formula is C12H15ClN2O3. The summed E-state index contributed by atoms with van der Waals surface area (Å²) < 4.78 is 5.07. The monoisotopic (exact) mass is 270 g/mol. The number of rotatable bonds is 5. The summed E-state index contributed by atoms with van der Waals surface area (Å²) >= 11 is 5.68. The molecule has 5 nitrogen and oxygen atoms in total. The molecule has 1 fully saturated rings. The van der Waals surface area contributed by atoms with E-state index in [2.05, 4.69) is 10.3 Å². The lowest BCUT2D eigenvalue weighted by atomic mass is 10.1. The standard InChI is InChI=1S/C12H15ClN2O3/c1-18-6-10(7-2-3-7)15-12(17)8-4-14-5-9(13)11(8)16/h4-5,7,10H,2-3,6H2,1H3,(H,14,16)(H,15,17). The average molecular weight is 271 g/mol. The molecule has 0 aliphatic heterocycles. The van der Waals surface area contributed by atoms with E-state index in [0.29, 0.717) is 12.5 Å². The van der Waals surface area contributed by atoms with Gasteiger partial charge in [0.15, 0.2) is 0 Å². The first kappa shape index (κ1) is 13.1. The van der Waals surface area contributed by atoms with Gasteiger partial charge in [-0.3, -0.25) is 9.59 Å². The SMILES string of the molecule is COCC(NC(=O)c1c[nH]cc(Cl)c1=O)C1CC1. The first-order chi connectivity index (χ1) is 8.63. The number of halogens is 1. The molecule has 1 aliphatic carbocycles. The molecule has 0 radical (unpaired) electrons. The number of amides is 1.